The van der Waals surface area contributed by atoms with Gasteiger partial charge in [-0.2, -0.15) is 0 Å². The van der Waals surface area contributed by atoms with Gasteiger partial charge in [0.25, 0.3) is 0 Å². The Bertz CT molecular complexity index is 431. The quantitative estimate of drug-likeness (QED) is 0.835. The fourth-order valence-electron chi connectivity index (χ4n) is 2.20. The fraction of sp³-hybridized carbons (Fsp3) is 0.417. The molecular formula is C12H14FNO2. The van der Waals surface area contributed by atoms with E-state index in [9.17, 15) is 9.18 Å². The van der Waals surface area contributed by atoms with Crippen LogP contribution in [0.25, 0.3) is 0 Å². The third kappa shape index (κ3) is 1.54. The van der Waals surface area contributed by atoms with Gasteiger partial charge in [-0.3, -0.25) is 4.79 Å². The molecule has 0 spiro atoms. The third-order valence-electron chi connectivity index (χ3n) is 2.99. The maximum absolute atomic E-state index is 13.6. The van der Waals surface area contributed by atoms with Crippen molar-refractivity contribution in [1.82, 2.24) is 0 Å². The molecule has 1 heterocycles. The van der Waals surface area contributed by atoms with Crippen molar-refractivity contribution < 1.29 is 14.3 Å². The highest BCUT2D eigenvalue weighted by molar-refractivity contribution is 5.83. The van der Waals surface area contributed by atoms with Crippen LogP contribution in [-0.2, 0) is 4.79 Å². The van der Waals surface area contributed by atoms with Crippen LogP contribution in [0.15, 0.2) is 18.2 Å². The zero-order chi connectivity index (χ0) is 11.9. The first-order chi connectivity index (χ1) is 7.52. The van der Waals surface area contributed by atoms with E-state index in [0.29, 0.717) is 17.8 Å². The molecule has 4 heteroatoms. The number of nitrogens with zero attached hydrogens (tertiary/aromatic N) is 1. The van der Waals surface area contributed by atoms with Gasteiger partial charge in [0.05, 0.1) is 0 Å². The van der Waals surface area contributed by atoms with Crippen LogP contribution >= 0.6 is 0 Å². The minimum atomic E-state index is -0.963. The molecule has 1 unspecified atom stereocenters. The summed E-state index contributed by atoms with van der Waals surface area (Å²) in [4.78, 5) is 13.0. The van der Waals surface area contributed by atoms with Crippen molar-refractivity contribution >= 4 is 11.7 Å². The molecule has 86 valence electrons. The number of fused-ring (bicyclic) bond motifs is 1. The molecular weight excluding hydrogens is 209 g/mol. The number of rotatable bonds is 2. The summed E-state index contributed by atoms with van der Waals surface area (Å²) in [5.41, 5.74) is 1.03. The van der Waals surface area contributed by atoms with E-state index in [2.05, 4.69) is 0 Å². The number of hydrogen-bond acceptors (Lipinski definition) is 2. The largest absolute Gasteiger partial charge is 0.481 e. The zero-order valence-electron chi connectivity index (χ0n) is 9.27. The summed E-state index contributed by atoms with van der Waals surface area (Å²) in [6.07, 6.45) is 0. The van der Waals surface area contributed by atoms with Gasteiger partial charge in [0.1, 0.15) is 11.7 Å². The average molecular weight is 223 g/mol. The summed E-state index contributed by atoms with van der Waals surface area (Å²) in [6, 6.07) is 4.89. The van der Waals surface area contributed by atoms with E-state index in [1.54, 1.807) is 12.1 Å². The molecule has 0 amide bonds. The molecule has 1 aromatic carbocycles. The predicted octanol–water partition coefficient (Wildman–Crippen LogP) is 2.22. The Morgan fingerprint density at radius 2 is 2.25 bits per heavy atom. The Morgan fingerprint density at radius 3 is 2.81 bits per heavy atom. The average Bonchev–Trinajstić information content (AvgIpc) is 2.58. The van der Waals surface area contributed by atoms with Crippen LogP contribution in [0.1, 0.15) is 25.3 Å². The maximum Gasteiger partial charge on any atom is 0.312 e. The zero-order valence-corrected chi connectivity index (χ0v) is 9.27. The highest BCUT2D eigenvalue weighted by Gasteiger charge is 2.36. The first kappa shape index (κ1) is 10.9. The van der Waals surface area contributed by atoms with E-state index in [1.807, 2.05) is 18.7 Å². The molecule has 1 aliphatic rings. The summed E-state index contributed by atoms with van der Waals surface area (Å²) in [5.74, 6) is -2.14. The summed E-state index contributed by atoms with van der Waals surface area (Å²) in [7, 11) is 0. The molecule has 2 rings (SSSR count). The summed E-state index contributed by atoms with van der Waals surface area (Å²) >= 11 is 0. The smallest absolute Gasteiger partial charge is 0.312 e. The van der Waals surface area contributed by atoms with Crippen molar-refractivity contribution in [2.75, 3.05) is 11.4 Å². The van der Waals surface area contributed by atoms with E-state index < -0.39 is 17.7 Å². The molecule has 1 N–H and O–H groups in total. The molecule has 0 fully saturated rings. The SMILES string of the molecule is CC(C)N1CC(C(=O)O)c2c(F)cccc21. The third-order valence-corrected chi connectivity index (χ3v) is 2.99. The Kier molecular flexibility index (Phi) is 2.58. The fourth-order valence-corrected chi connectivity index (χ4v) is 2.20. The number of carbonyl (C=O) groups is 1. The van der Waals surface area contributed by atoms with Crippen molar-refractivity contribution in [2.45, 2.75) is 25.8 Å². The van der Waals surface area contributed by atoms with Crippen LogP contribution in [0, 0.1) is 5.82 Å². The van der Waals surface area contributed by atoms with Crippen LogP contribution < -0.4 is 4.90 Å². The Morgan fingerprint density at radius 1 is 1.56 bits per heavy atom. The van der Waals surface area contributed by atoms with Gasteiger partial charge in [-0.15, -0.1) is 0 Å². The molecule has 16 heavy (non-hydrogen) atoms. The van der Waals surface area contributed by atoms with Gasteiger partial charge in [0.15, 0.2) is 0 Å². The van der Waals surface area contributed by atoms with Crippen molar-refractivity contribution in [3.63, 3.8) is 0 Å². The Labute approximate surface area is 93.5 Å². The summed E-state index contributed by atoms with van der Waals surface area (Å²) in [5, 5.41) is 9.09. The highest BCUT2D eigenvalue weighted by atomic mass is 19.1. The van der Waals surface area contributed by atoms with Crippen LogP contribution in [-0.4, -0.2) is 23.7 Å². The molecule has 1 aromatic rings. The monoisotopic (exact) mass is 223 g/mol. The van der Waals surface area contributed by atoms with E-state index in [1.165, 1.54) is 6.07 Å². The number of anilines is 1. The number of halogens is 1. The van der Waals surface area contributed by atoms with Crippen molar-refractivity contribution in [1.29, 1.82) is 0 Å². The lowest BCUT2D eigenvalue weighted by atomic mass is 10.0. The van der Waals surface area contributed by atoms with Gasteiger partial charge in [0, 0.05) is 23.8 Å². The van der Waals surface area contributed by atoms with Crippen molar-refractivity contribution in [3.8, 4) is 0 Å². The maximum atomic E-state index is 13.6. The topological polar surface area (TPSA) is 40.5 Å². The van der Waals surface area contributed by atoms with Crippen LogP contribution in [0.5, 0.6) is 0 Å². The van der Waals surface area contributed by atoms with E-state index in [4.69, 9.17) is 5.11 Å². The van der Waals surface area contributed by atoms with E-state index in [0.717, 1.165) is 0 Å². The lowest BCUT2D eigenvalue weighted by Crippen LogP contribution is -2.30. The normalized spacial score (nSPS) is 19.0. The van der Waals surface area contributed by atoms with Crippen LogP contribution in [0.3, 0.4) is 0 Å². The molecule has 0 bridgehead atoms. The molecule has 1 atom stereocenters. The van der Waals surface area contributed by atoms with Gasteiger partial charge in [0.2, 0.25) is 0 Å². The van der Waals surface area contributed by atoms with Crippen LogP contribution in [0.4, 0.5) is 10.1 Å². The number of benzene rings is 1. The minimum absolute atomic E-state index is 0.171. The van der Waals surface area contributed by atoms with E-state index in [-0.39, 0.29) is 6.04 Å². The summed E-state index contributed by atoms with van der Waals surface area (Å²) < 4.78 is 13.6. The first-order valence-electron chi connectivity index (χ1n) is 5.30. The number of carboxylic acids is 1. The molecule has 0 saturated carbocycles. The first-order valence-corrected chi connectivity index (χ1v) is 5.30. The minimum Gasteiger partial charge on any atom is -0.481 e. The van der Waals surface area contributed by atoms with Gasteiger partial charge >= 0.3 is 5.97 Å². The molecule has 1 aliphatic heterocycles. The predicted molar refractivity (Wildman–Crippen MR) is 59.3 cm³/mol. The van der Waals surface area contributed by atoms with Gasteiger partial charge in [-0.25, -0.2) is 4.39 Å². The number of carboxylic acid groups (broad SMARTS) is 1. The molecule has 0 radical (unpaired) electrons. The van der Waals surface area contributed by atoms with Crippen molar-refractivity contribution in [3.05, 3.63) is 29.6 Å². The van der Waals surface area contributed by atoms with Crippen LogP contribution in [0.2, 0.25) is 0 Å². The van der Waals surface area contributed by atoms with Gasteiger partial charge in [-0.1, -0.05) is 6.07 Å². The van der Waals surface area contributed by atoms with Gasteiger partial charge < -0.3 is 10.0 Å². The molecule has 0 aromatic heterocycles. The highest BCUT2D eigenvalue weighted by Crippen LogP contribution is 2.39. The molecule has 0 aliphatic carbocycles. The Hall–Kier alpha value is -1.58. The standard InChI is InChI=1S/C12H14FNO2/c1-7(2)14-6-8(12(15)16)11-9(13)4-3-5-10(11)14/h3-5,7-8H,6H2,1-2H3,(H,15,16). The lowest BCUT2D eigenvalue weighted by molar-refractivity contribution is -0.138. The molecule has 3 nitrogen and oxygen atoms in total. The Balaban J connectivity index is 2.53. The van der Waals surface area contributed by atoms with Gasteiger partial charge in [-0.05, 0) is 26.0 Å². The molecule has 0 saturated heterocycles. The second-order valence-electron chi connectivity index (χ2n) is 4.31. The summed E-state index contributed by atoms with van der Waals surface area (Å²) in [6.45, 7) is 4.29. The lowest BCUT2D eigenvalue weighted by Gasteiger charge is -2.23. The second kappa shape index (κ2) is 3.77. The van der Waals surface area contributed by atoms with E-state index >= 15 is 0 Å². The second-order valence-corrected chi connectivity index (χ2v) is 4.31. The number of hydrogen-bond donors (Lipinski definition) is 1. The number of aliphatic carboxylic acids is 1. The van der Waals surface area contributed by atoms with Crippen molar-refractivity contribution in [2.24, 2.45) is 0 Å².